The lowest BCUT2D eigenvalue weighted by atomic mass is 10.00. The zero-order chi connectivity index (χ0) is 13.7. The highest BCUT2D eigenvalue weighted by Gasteiger charge is 2.41. The van der Waals surface area contributed by atoms with Gasteiger partial charge < -0.3 is 10.4 Å². The molecule has 0 bridgehead atoms. The summed E-state index contributed by atoms with van der Waals surface area (Å²) in [6.45, 7) is 9.36. The summed E-state index contributed by atoms with van der Waals surface area (Å²) in [5.74, 6) is 0. The van der Waals surface area contributed by atoms with Gasteiger partial charge in [0.1, 0.15) is 0 Å². The van der Waals surface area contributed by atoms with E-state index < -0.39 is 0 Å². The van der Waals surface area contributed by atoms with Gasteiger partial charge in [-0.2, -0.15) is 0 Å². The Morgan fingerprint density at radius 1 is 1.32 bits per heavy atom. The molecular weight excluding hydrogens is 236 g/mol. The molecule has 1 saturated carbocycles. The van der Waals surface area contributed by atoms with Crippen molar-refractivity contribution in [2.75, 3.05) is 32.8 Å². The monoisotopic (exact) mass is 266 g/mol. The molecule has 2 N–H and O–H groups in total. The molecule has 1 aliphatic heterocycles. The highest BCUT2D eigenvalue weighted by Crippen LogP contribution is 2.48. The third-order valence-corrected chi connectivity index (χ3v) is 4.71. The minimum absolute atomic E-state index is 0.350. The Kier molecular flexibility index (Phi) is 5.43. The van der Waals surface area contributed by atoms with Crippen LogP contribution in [0.4, 0.5) is 0 Å². The first-order valence-corrected chi connectivity index (χ1v) is 7.83. The summed E-state index contributed by atoms with van der Waals surface area (Å²) in [5.41, 5.74) is 1.87. The fourth-order valence-corrected chi connectivity index (χ4v) is 2.92. The summed E-state index contributed by atoms with van der Waals surface area (Å²) >= 11 is 0. The van der Waals surface area contributed by atoms with Gasteiger partial charge in [-0.3, -0.25) is 4.90 Å². The predicted molar refractivity (Wildman–Crippen MR) is 80.3 cm³/mol. The molecule has 3 nitrogen and oxygen atoms in total. The summed E-state index contributed by atoms with van der Waals surface area (Å²) in [6, 6.07) is 0.694. The van der Waals surface area contributed by atoms with E-state index in [1.807, 2.05) is 0 Å². The van der Waals surface area contributed by atoms with Gasteiger partial charge in [0.25, 0.3) is 0 Å². The standard InChI is InChI=1S/C16H30N2O/c1-14(2)3-9-18-10-4-15(5-11-18)17-13-16(6-7-16)8-12-19/h3,15,17,19H,4-13H2,1-2H3. The van der Waals surface area contributed by atoms with Gasteiger partial charge >= 0.3 is 0 Å². The number of aliphatic hydroxyl groups excluding tert-OH is 1. The van der Waals surface area contributed by atoms with E-state index in [2.05, 4.69) is 30.1 Å². The molecule has 2 fully saturated rings. The van der Waals surface area contributed by atoms with Gasteiger partial charge in [0.2, 0.25) is 0 Å². The van der Waals surface area contributed by atoms with Gasteiger partial charge in [0.05, 0.1) is 0 Å². The Hall–Kier alpha value is -0.380. The number of nitrogens with zero attached hydrogens (tertiary/aromatic N) is 1. The van der Waals surface area contributed by atoms with E-state index in [-0.39, 0.29) is 0 Å². The van der Waals surface area contributed by atoms with E-state index in [9.17, 15) is 0 Å². The highest BCUT2D eigenvalue weighted by molar-refractivity contribution is 4.97. The first-order valence-electron chi connectivity index (χ1n) is 7.83. The number of likely N-dealkylation sites (tertiary alicyclic amines) is 1. The van der Waals surface area contributed by atoms with E-state index >= 15 is 0 Å². The molecule has 0 aromatic heterocycles. The van der Waals surface area contributed by atoms with Crippen molar-refractivity contribution in [2.45, 2.75) is 52.0 Å². The number of aliphatic hydroxyl groups is 1. The zero-order valence-electron chi connectivity index (χ0n) is 12.6. The average Bonchev–Trinajstić information content (AvgIpc) is 3.16. The number of piperidine rings is 1. The summed E-state index contributed by atoms with van der Waals surface area (Å²) < 4.78 is 0. The predicted octanol–water partition coefficient (Wildman–Crippen LogP) is 2.17. The van der Waals surface area contributed by atoms with E-state index in [1.54, 1.807) is 0 Å². The van der Waals surface area contributed by atoms with Crippen LogP contribution >= 0.6 is 0 Å². The molecule has 0 spiro atoms. The molecule has 0 atom stereocenters. The molecule has 1 aliphatic carbocycles. The van der Waals surface area contributed by atoms with Gasteiger partial charge in [0, 0.05) is 25.7 Å². The molecule has 3 heteroatoms. The van der Waals surface area contributed by atoms with E-state index in [4.69, 9.17) is 5.11 Å². The Bertz CT molecular complexity index is 298. The van der Waals surface area contributed by atoms with Crippen LogP contribution in [0.25, 0.3) is 0 Å². The maximum Gasteiger partial charge on any atom is 0.0436 e. The molecule has 2 aliphatic rings. The van der Waals surface area contributed by atoms with Crippen LogP contribution in [0, 0.1) is 5.41 Å². The molecule has 0 unspecified atom stereocenters. The Balaban J connectivity index is 1.62. The Labute approximate surface area is 118 Å². The van der Waals surface area contributed by atoms with Crippen molar-refractivity contribution in [3.63, 3.8) is 0 Å². The van der Waals surface area contributed by atoms with Gasteiger partial charge in [0.15, 0.2) is 0 Å². The maximum atomic E-state index is 9.08. The van der Waals surface area contributed by atoms with Crippen molar-refractivity contribution in [2.24, 2.45) is 5.41 Å². The van der Waals surface area contributed by atoms with Gasteiger partial charge in [-0.15, -0.1) is 0 Å². The lowest BCUT2D eigenvalue weighted by molar-refractivity contribution is 0.200. The largest absolute Gasteiger partial charge is 0.396 e. The second kappa shape index (κ2) is 6.87. The molecule has 0 aromatic carbocycles. The van der Waals surface area contributed by atoms with Crippen LogP contribution in [0.2, 0.25) is 0 Å². The fraction of sp³-hybridized carbons (Fsp3) is 0.875. The lowest BCUT2D eigenvalue weighted by Gasteiger charge is -2.32. The number of hydrogen-bond acceptors (Lipinski definition) is 3. The minimum Gasteiger partial charge on any atom is -0.396 e. The fourth-order valence-electron chi connectivity index (χ4n) is 2.92. The van der Waals surface area contributed by atoms with Crippen molar-refractivity contribution in [1.29, 1.82) is 0 Å². The molecule has 0 amide bonds. The lowest BCUT2D eigenvalue weighted by Crippen LogP contribution is -2.44. The van der Waals surface area contributed by atoms with Crippen LogP contribution in [0.1, 0.15) is 46.0 Å². The molecule has 0 aromatic rings. The second-order valence-electron chi connectivity index (χ2n) is 6.71. The first kappa shape index (κ1) is 15.0. The van der Waals surface area contributed by atoms with Gasteiger partial charge in [-0.1, -0.05) is 11.6 Å². The third-order valence-electron chi connectivity index (χ3n) is 4.71. The Morgan fingerprint density at radius 3 is 2.53 bits per heavy atom. The number of nitrogens with one attached hydrogen (secondary N) is 1. The highest BCUT2D eigenvalue weighted by atomic mass is 16.3. The number of hydrogen-bond donors (Lipinski definition) is 2. The van der Waals surface area contributed by atoms with Crippen molar-refractivity contribution in [3.05, 3.63) is 11.6 Å². The van der Waals surface area contributed by atoms with Crippen molar-refractivity contribution in [3.8, 4) is 0 Å². The molecule has 2 rings (SSSR count). The summed E-state index contributed by atoms with van der Waals surface area (Å²) in [4.78, 5) is 2.55. The Morgan fingerprint density at radius 2 is 2.00 bits per heavy atom. The van der Waals surface area contributed by atoms with E-state index in [1.165, 1.54) is 44.3 Å². The SMILES string of the molecule is CC(C)=CCN1CCC(NCC2(CCO)CC2)CC1. The maximum absolute atomic E-state index is 9.08. The van der Waals surface area contributed by atoms with Gasteiger partial charge in [-0.25, -0.2) is 0 Å². The summed E-state index contributed by atoms with van der Waals surface area (Å²) in [7, 11) is 0. The molecule has 1 heterocycles. The molecular formula is C16H30N2O. The number of rotatable bonds is 7. The first-order chi connectivity index (χ1) is 9.13. The quantitative estimate of drug-likeness (QED) is 0.693. The van der Waals surface area contributed by atoms with Crippen molar-refractivity contribution in [1.82, 2.24) is 10.2 Å². The molecule has 110 valence electrons. The van der Waals surface area contributed by atoms with Crippen molar-refractivity contribution < 1.29 is 5.11 Å². The normalized spacial score (nSPS) is 23.3. The molecule has 0 radical (unpaired) electrons. The summed E-state index contributed by atoms with van der Waals surface area (Å²) in [5, 5.41) is 12.8. The third kappa shape index (κ3) is 4.90. The molecule has 19 heavy (non-hydrogen) atoms. The zero-order valence-corrected chi connectivity index (χ0v) is 12.6. The van der Waals surface area contributed by atoms with E-state index in [0.717, 1.165) is 19.5 Å². The van der Waals surface area contributed by atoms with Crippen LogP contribution in [0.3, 0.4) is 0 Å². The molecule has 1 saturated heterocycles. The van der Waals surface area contributed by atoms with E-state index in [0.29, 0.717) is 18.1 Å². The minimum atomic E-state index is 0.350. The van der Waals surface area contributed by atoms with Crippen LogP contribution < -0.4 is 5.32 Å². The van der Waals surface area contributed by atoms with Gasteiger partial charge in [-0.05, 0) is 64.5 Å². The topological polar surface area (TPSA) is 35.5 Å². The van der Waals surface area contributed by atoms with Crippen LogP contribution in [-0.2, 0) is 0 Å². The van der Waals surface area contributed by atoms with Crippen molar-refractivity contribution >= 4 is 0 Å². The second-order valence-corrected chi connectivity index (χ2v) is 6.71. The smallest absolute Gasteiger partial charge is 0.0436 e. The summed E-state index contributed by atoms with van der Waals surface area (Å²) in [6.07, 6.45) is 8.46. The van der Waals surface area contributed by atoms with Crippen LogP contribution in [0.15, 0.2) is 11.6 Å². The van der Waals surface area contributed by atoms with Crippen LogP contribution in [-0.4, -0.2) is 48.8 Å². The number of allylic oxidation sites excluding steroid dienone is 1. The average molecular weight is 266 g/mol. The van der Waals surface area contributed by atoms with Crippen LogP contribution in [0.5, 0.6) is 0 Å².